The first-order valence-electron chi connectivity index (χ1n) is 12.9. The van der Waals surface area contributed by atoms with Crippen LogP contribution in [0, 0.1) is 11.8 Å². The van der Waals surface area contributed by atoms with Gasteiger partial charge < -0.3 is 9.47 Å². The van der Waals surface area contributed by atoms with Crippen LogP contribution < -0.4 is 10.7 Å². The molecule has 2 fully saturated rings. The standard InChI is InChI=1S/C26H30ClN7O2S/c1-15-3-5-17(6-4-15)13-34-23-20(30-25(34)33-7-8-37-14-16(33)2)10-21(24-31-26(35)36-32-24)29-22(23)18-9-19(27)12-28-11-18/h9-12,15-17H,3-8,13-14H2,1-2H3,(H,31,32,35)/t15-,16?,17-. The van der Waals surface area contributed by atoms with Crippen LogP contribution in [0.15, 0.2) is 33.8 Å². The van der Waals surface area contributed by atoms with Gasteiger partial charge in [0.25, 0.3) is 0 Å². The van der Waals surface area contributed by atoms with Crippen LogP contribution in [0.3, 0.4) is 0 Å². The van der Waals surface area contributed by atoms with Gasteiger partial charge in [0, 0.05) is 48.6 Å². The monoisotopic (exact) mass is 539 g/mol. The van der Waals surface area contributed by atoms with E-state index < -0.39 is 5.76 Å². The molecule has 5 heterocycles. The van der Waals surface area contributed by atoms with Crippen molar-refractivity contribution in [3.05, 3.63) is 40.1 Å². The first kappa shape index (κ1) is 24.5. The van der Waals surface area contributed by atoms with Gasteiger partial charge in [-0.05, 0) is 43.7 Å². The predicted molar refractivity (Wildman–Crippen MR) is 147 cm³/mol. The third-order valence-corrected chi connectivity index (χ3v) is 8.96. The van der Waals surface area contributed by atoms with Crippen LogP contribution in [-0.2, 0) is 6.54 Å². The summed E-state index contributed by atoms with van der Waals surface area (Å²) in [4.78, 5) is 31.3. The Balaban J connectivity index is 1.58. The van der Waals surface area contributed by atoms with Gasteiger partial charge in [-0.15, -0.1) is 0 Å². The number of hydrogen-bond donors (Lipinski definition) is 1. The number of nitrogens with zero attached hydrogens (tertiary/aromatic N) is 6. The summed E-state index contributed by atoms with van der Waals surface area (Å²) in [5.74, 6) is 4.13. The van der Waals surface area contributed by atoms with Gasteiger partial charge in [-0.25, -0.2) is 14.8 Å². The number of rotatable bonds is 5. The van der Waals surface area contributed by atoms with Gasteiger partial charge in [-0.1, -0.05) is 36.5 Å². The summed E-state index contributed by atoms with van der Waals surface area (Å²) < 4.78 is 7.15. The highest BCUT2D eigenvalue weighted by Gasteiger charge is 2.29. The highest BCUT2D eigenvalue weighted by Crippen LogP contribution is 2.38. The second kappa shape index (κ2) is 10.1. The minimum absolute atomic E-state index is 0.267. The van der Waals surface area contributed by atoms with Gasteiger partial charge in [-0.2, -0.15) is 11.8 Å². The second-order valence-corrected chi connectivity index (χ2v) is 11.9. The van der Waals surface area contributed by atoms with Crippen molar-refractivity contribution in [3.8, 4) is 22.8 Å². The Morgan fingerprint density at radius 2 is 2.00 bits per heavy atom. The van der Waals surface area contributed by atoms with E-state index in [4.69, 9.17) is 26.1 Å². The number of H-pyrrole nitrogens is 1. The number of aromatic nitrogens is 6. The molecule has 0 amide bonds. The minimum atomic E-state index is -0.625. The first-order valence-corrected chi connectivity index (χ1v) is 14.4. The van der Waals surface area contributed by atoms with E-state index in [0.717, 1.165) is 53.1 Å². The Bertz CT molecular complexity index is 1470. The molecular weight excluding hydrogens is 510 g/mol. The van der Waals surface area contributed by atoms with Crippen molar-refractivity contribution < 1.29 is 4.52 Å². The van der Waals surface area contributed by atoms with Gasteiger partial charge in [0.15, 0.2) is 0 Å². The molecule has 4 aromatic heterocycles. The zero-order valence-electron chi connectivity index (χ0n) is 21.0. The zero-order valence-corrected chi connectivity index (χ0v) is 22.6. The smallest absolute Gasteiger partial charge is 0.338 e. The molecule has 0 bridgehead atoms. The van der Waals surface area contributed by atoms with E-state index in [2.05, 4.69) is 38.4 Å². The molecule has 37 heavy (non-hydrogen) atoms. The zero-order chi connectivity index (χ0) is 25.5. The molecule has 1 aliphatic carbocycles. The molecule has 2 aliphatic rings. The number of aromatic amines is 1. The van der Waals surface area contributed by atoms with Crippen LogP contribution in [0.25, 0.3) is 33.8 Å². The molecule has 0 aromatic carbocycles. The van der Waals surface area contributed by atoms with E-state index in [9.17, 15) is 4.79 Å². The highest BCUT2D eigenvalue weighted by atomic mass is 35.5. The summed E-state index contributed by atoms with van der Waals surface area (Å²) in [5, 5.41) is 4.41. The minimum Gasteiger partial charge on any atom is -0.338 e. The van der Waals surface area contributed by atoms with Crippen LogP contribution in [0.1, 0.15) is 39.5 Å². The fraction of sp³-hybridized carbons (Fsp3) is 0.500. The summed E-state index contributed by atoms with van der Waals surface area (Å²) in [7, 11) is 0. The number of nitrogens with one attached hydrogen (secondary N) is 1. The number of pyridine rings is 2. The molecule has 0 spiro atoms. The summed E-state index contributed by atoms with van der Waals surface area (Å²) in [6, 6.07) is 4.12. The molecule has 11 heteroatoms. The molecule has 1 aliphatic heterocycles. The number of fused-ring (bicyclic) bond motifs is 1. The molecule has 1 saturated carbocycles. The van der Waals surface area contributed by atoms with Crippen LogP contribution in [0.2, 0.25) is 5.02 Å². The van der Waals surface area contributed by atoms with Gasteiger partial charge in [-0.3, -0.25) is 14.5 Å². The van der Waals surface area contributed by atoms with E-state index in [-0.39, 0.29) is 5.82 Å². The van der Waals surface area contributed by atoms with Gasteiger partial charge in [0.05, 0.1) is 21.7 Å². The lowest BCUT2D eigenvalue weighted by Gasteiger charge is -2.35. The van der Waals surface area contributed by atoms with E-state index >= 15 is 0 Å². The molecule has 0 radical (unpaired) electrons. The Morgan fingerprint density at radius 3 is 2.73 bits per heavy atom. The van der Waals surface area contributed by atoms with Crippen molar-refractivity contribution in [2.45, 2.75) is 52.1 Å². The largest absolute Gasteiger partial charge is 0.439 e. The van der Waals surface area contributed by atoms with Crippen molar-refractivity contribution in [2.24, 2.45) is 11.8 Å². The average molecular weight is 540 g/mol. The molecular formula is C26H30ClN7O2S. The van der Waals surface area contributed by atoms with E-state index in [1.54, 1.807) is 12.4 Å². The van der Waals surface area contributed by atoms with E-state index in [1.165, 1.54) is 25.7 Å². The lowest BCUT2D eigenvalue weighted by atomic mass is 9.83. The Labute approximate surface area is 224 Å². The maximum absolute atomic E-state index is 11.7. The van der Waals surface area contributed by atoms with Crippen molar-refractivity contribution in [1.29, 1.82) is 0 Å². The van der Waals surface area contributed by atoms with Crippen LogP contribution in [0.4, 0.5) is 5.95 Å². The summed E-state index contributed by atoms with van der Waals surface area (Å²) >= 11 is 8.35. The van der Waals surface area contributed by atoms with Crippen LogP contribution >= 0.6 is 23.4 Å². The fourth-order valence-corrected chi connectivity index (χ4v) is 6.72. The van der Waals surface area contributed by atoms with Crippen molar-refractivity contribution in [3.63, 3.8) is 0 Å². The SMILES string of the molecule is CC1CSCCN1c1nc2cc(-c3noc(=O)[nH]3)nc(-c3cncc(Cl)c3)c2n1C[C@H]1CC[C@H](C)CC1. The third-order valence-electron chi connectivity index (χ3n) is 7.57. The molecule has 6 rings (SSSR count). The first-order chi connectivity index (χ1) is 18.0. The summed E-state index contributed by atoms with van der Waals surface area (Å²) in [5.41, 5.74) is 3.75. The predicted octanol–water partition coefficient (Wildman–Crippen LogP) is 5.26. The lowest BCUT2D eigenvalue weighted by molar-refractivity contribution is 0.266. The maximum Gasteiger partial charge on any atom is 0.439 e. The van der Waals surface area contributed by atoms with Gasteiger partial charge in [0.1, 0.15) is 5.69 Å². The van der Waals surface area contributed by atoms with Crippen LogP contribution in [0.5, 0.6) is 0 Å². The molecule has 1 N–H and O–H groups in total. The third kappa shape index (κ3) is 4.88. The van der Waals surface area contributed by atoms with E-state index in [0.29, 0.717) is 28.4 Å². The topological polar surface area (TPSA) is 106 Å². The van der Waals surface area contributed by atoms with Gasteiger partial charge in [0.2, 0.25) is 11.8 Å². The Hall–Kier alpha value is -2.85. The van der Waals surface area contributed by atoms with Crippen molar-refractivity contribution in [1.82, 2.24) is 29.7 Å². The summed E-state index contributed by atoms with van der Waals surface area (Å²) in [6.45, 7) is 6.45. The Morgan fingerprint density at radius 1 is 1.16 bits per heavy atom. The summed E-state index contributed by atoms with van der Waals surface area (Å²) in [6.07, 6.45) is 8.33. The lowest BCUT2D eigenvalue weighted by Crippen LogP contribution is -2.42. The average Bonchev–Trinajstić information content (AvgIpc) is 3.49. The fourth-order valence-electron chi connectivity index (χ4n) is 5.53. The number of anilines is 1. The maximum atomic E-state index is 11.7. The van der Waals surface area contributed by atoms with Crippen molar-refractivity contribution >= 4 is 40.3 Å². The molecule has 194 valence electrons. The number of halogens is 1. The van der Waals surface area contributed by atoms with Crippen LogP contribution in [-0.4, -0.2) is 53.8 Å². The second-order valence-electron chi connectivity index (χ2n) is 10.3. The molecule has 4 aromatic rings. The molecule has 9 nitrogen and oxygen atoms in total. The highest BCUT2D eigenvalue weighted by molar-refractivity contribution is 7.99. The molecule has 1 saturated heterocycles. The number of imidazole rings is 1. The van der Waals surface area contributed by atoms with E-state index in [1.807, 2.05) is 23.9 Å². The van der Waals surface area contributed by atoms with Gasteiger partial charge >= 0.3 is 5.76 Å². The Kier molecular flexibility index (Phi) is 6.71. The molecule has 1 unspecified atom stereocenters. The number of hydrogen-bond acceptors (Lipinski definition) is 8. The normalized spacial score (nSPS) is 22.6. The van der Waals surface area contributed by atoms with Crippen molar-refractivity contribution in [2.75, 3.05) is 23.0 Å². The number of thioether (sulfide) groups is 1. The molecule has 1 atom stereocenters. The quantitative estimate of drug-likeness (QED) is 0.366.